The number of benzene rings is 1. The molecule has 0 bridgehead atoms. The number of amides is 2. The Kier molecular flexibility index (Phi) is 6.73. The quantitative estimate of drug-likeness (QED) is 0.452. The lowest BCUT2D eigenvalue weighted by Gasteiger charge is -2.17. The summed E-state index contributed by atoms with van der Waals surface area (Å²) < 4.78 is 69.0. The number of anilines is 1. The Labute approximate surface area is 185 Å². The van der Waals surface area contributed by atoms with Crippen LogP contribution in [0.15, 0.2) is 41.0 Å². The normalized spacial score (nSPS) is 16.4. The summed E-state index contributed by atoms with van der Waals surface area (Å²) in [6, 6.07) is 1.19. The summed E-state index contributed by atoms with van der Waals surface area (Å²) in [7, 11) is -4.52. The third-order valence-electron chi connectivity index (χ3n) is 5.44. The highest BCUT2D eigenvalue weighted by molar-refractivity contribution is 7.94. The third-order valence-corrected chi connectivity index (χ3v) is 6.94. The van der Waals surface area contributed by atoms with E-state index in [0.29, 0.717) is 11.8 Å². The van der Waals surface area contributed by atoms with Gasteiger partial charge >= 0.3 is 12.4 Å². The van der Waals surface area contributed by atoms with Crippen molar-refractivity contribution >= 4 is 21.7 Å². The number of carbonyl (C=O) groups excluding carboxylic acids is 1. The molecule has 1 aromatic carbocycles. The molecular weight excluding hydrogens is 445 g/mol. The molecule has 0 fully saturated rings. The van der Waals surface area contributed by atoms with Crippen molar-refractivity contribution in [3.63, 3.8) is 0 Å². The molecule has 2 amide bonds. The topological polar surface area (TPSA) is 84.5 Å². The molecule has 2 N–H and O–H groups in total. The zero-order chi connectivity index (χ0) is 23.7. The van der Waals surface area contributed by atoms with Crippen LogP contribution < -0.4 is 10.0 Å². The first-order chi connectivity index (χ1) is 14.9. The minimum absolute atomic E-state index is 0.0584. The maximum Gasteiger partial charge on any atom is 0.573 e. The molecule has 0 saturated heterocycles. The van der Waals surface area contributed by atoms with E-state index < -0.39 is 33.1 Å². The molecule has 32 heavy (non-hydrogen) atoms. The van der Waals surface area contributed by atoms with Crippen molar-refractivity contribution in [1.82, 2.24) is 4.72 Å². The molecule has 174 valence electrons. The predicted molar refractivity (Wildman–Crippen MR) is 115 cm³/mol. The van der Waals surface area contributed by atoms with Gasteiger partial charge in [-0.2, -0.15) is 0 Å². The Bertz CT molecular complexity index is 1090. The van der Waals surface area contributed by atoms with Crippen LogP contribution in [0.3, 0.4) is 0 Å². The van der Waals surface area contributed by atoms with E-state index in [-0.39, 0.29) is 5.57 Å². The fourth-order valence-corrected chi connectivity index (χ4v) is 5.28. The van der Waals surface area contributed by atoms with Gasteiger partial charge in [-0.1, -0.05) is 12.6 Å². The van der Waals surface area contributed by atoms with Gasteiger partial charge in [-0.25, -0.2) is 17.9 Å². The van der Waals surface area contributed by atoms with Crippen molar-refractivity contribution in [3.8, 4) is 0 Å². The highest BCUT2D eigenvalue weighted by Crippen LogP contribution is 2.38. The van der Waals surface area contributed by atoms with Gasteiger partial charge < -0.3 is 10.1 Å². The van der Waals surface area contributed by atoms with Gasteiger partial charge in [0.15, 0.2) is 0 Å². The number of aryl methyl sites for hydroxylation is 2. The van der Waals surface area contributed by atoms with Crippen molar-refractivity contribution in [2.75, 3.05) is 5.32 Å². The van der Waals surface area contributed by atoms with Crippen LogP contribution in [0.4, 0.5) is 23.7 Å². The second-order valence-corrected chi connectivity index (χ2v) is 9.47. The van der Waals surface area contributed by atoms with Crippen LogP contribution in [-0.2, 0) is 40.4 Å². The largest absolute Gasteiger partial charge is 0.573 e. The molecule has 0 unspecified atom stereocenters. The van der Waals surface area contributed by atoms with Crippen molar-refractivity contribution in [3.05, 3.63) is 63.3 Å². The van der Waals surface area contributed by atoms with Gasteiger partial charge in [0.2, 0.25) is 0 Å². The van der Waals surface area contributed by atoms with E-state index in [1.807, 2.05) is 4.72 Å². The van der Waals surface area contributed by atoms with Crippen LogP contribution in [0.25, 0.3) is 0 Å². The number of halogens is 3. The number of urea groups is 1. The number of sulfonamides is 1. The van der Waals surface area contributed by atoms with E-state index in [4.69, 9.17) is 0 Å². The zero-order valence-corrected chi connectivity index (χ0v) is 18.7. The van der Waals surface area contributed by atoms with Gasteiger partial charge in [0.05, 0.1) is 4.91 Å². The Morgan fingerprint density at radius 3 is 2.16 bits per heavy atom. The third kappa shape index (κ3) is 5.35. The van der Waals surface area contributed by atoms with Crippen LogP contribution in [0.5, 0.6) is 0 Å². The summed E-state index contributed by atoms with van der Waals surface area (Å²) in [5, 5.41) is 2.69. The zero-order valence-electron chi connectivity index (χ0n) is 17.9. The van der Waals surface area contributed by atoms with Crippen molar-refractivity contribution in [1.29, 1.82) is 0 Å². The standard InChI is InChI=1S/C22H25F3N2O4S/c1-4-16(31-22(23,24)25)12-19(13(2)3)32(29,30)27-21(28)26-20-17-9-5-7-14(17)11-15-8-6-10-18(15)20/h4,11-12H,2,5-10H2,1,3H3,(H2,26,27,28)/b16-4+,19-12+. The first kappa shape index (κ1) is 23.9. The highest BCUT2D eigenvalue weighted by atomic mass is 32.2. The monoisotopic (exact) mass is 470 g/mol. The summed E-state index contributed by atoms with van der Waals surface area (Å²) in [6.45, 7) is 6.08. The Balaban J connectivity index is 1.85. The first-order valence-corrected chi connectivity index (χ1v) is 11.7. The van der Waals surface area contributed by atoms with E-state index in [9.17, 15) is 26.4 Å². The van der Waals surface area contributed by atoms with Crippen LogP contribution in [0, 0.1) is 0 Å². The molecule has 2 aliphatic rings. The number of carbonyl (C=O) groups is 1. The number of hydrogen-bond donors (Lipinski definition) is 2. The van der Waals surface area contributed by atoms with Crippen LogP contribution in [0.2, 0.25) is 0 Å². The highest BCUT2D eigenvalue weighted by Gasteiger charge is 2.32. The number of nitrogens with one attached hydrogen (secondary N) is 2. The predicted octanol–water partition coefficient (Wildman–Crippen LogP) is 5.02. The number of fused-ring (bicyclic) bond motifs is 2. The maximum absolute atomic E-state index is 12.8. The Morgan fingerprint density at radius 2 is 1.69 bits per heavy atom. The molecule has 10 heteroatoms. The molecule has 3 rings (SSSR count). The van der Waals surface area contributed by atoms with Gasteiger partial charge in [-0.3, -0.25) is 0 Å². The lowest BCUT2D eigenvalue weighted by atomic mass is 9.99. The summed E-state index contributed by atoms with van der Waals surface area (Å²) in [5.74, 6) is -0.736. The fourth-order valence-electron chi connectivity index (χ4n) is 4.15. The lowest BCUT2D eigenvalue weighted by Crippen LogP contribution is -2.36. The molecule has 0 atom stereocenters. The van der Waals surface area contributed by atoms with Crippen LogP contribution >= 0.6 is 0 Å². The number of alkyl halides is 3. The molecule has 1 aromatic rings. The van der Waals surface area contributed by atoms with E-state index >= 15 is 0 Å². The summed E-state index contributed by atoms with van der Waals surface area (Å²) in [5.41, 5.74) is 4.95. The summed E-state index contributed by atoms with van der Waals surface area (Å²) in [4.78, 5) is 12.1. The van der Waals surface area contributed by atoms with E-state index in [1.165, 1.54) is 13.8 Å². The van der Waals surface area contributed by atoms with E-state index in [2.05, 4.69) is 22.7 Å². The van der Waals surface area contributed by atoms with Crippen LogP contribution in [0.1, 0.15) is 48.9 Å². The average molecular weight is 471 g/mol. The summed E-state index contributed by atoms with van der Waals surface area (Å²) >= 11 is 0. The van der Waals surface area contributed by atoms with Crippen LogP contribution in [-0.4, -0.2) is 20.8 Å². The number of ether oxygens (including phenoxy) is 1. The SMILES string of the molecule is C=C(C)/C(=C\C(=C/C)OC(F)(F)F)S(=O)(=O)NC(=O)Nc1c2c(cc3c1CCC3)CCC2. The molecule has 2 aliphatic carbocycles. The minimum Gasteiger partial charge on any atom is -0.406 e. The van der Waals surface area contributed by atoms with Gasteiger partial charge in [0.25, 0.3) is 10.0 Å². The van der Waals surface area contributed by atoms with Gasteiger partial charge in [-0.15, -0.1) is 13.2 Å². The molecule has 0 aliphatic heterocycles. The molecule has 0 spiro atoms. The van der Waals surface area contributed by atoms with Gasteiger partial charge in [0.1, 0.15) is 5.76 Å². The fraction of sp³-hybridized carbons (Fsp3) is 0.409. The van der Waals surface area contributed by atoms with E-state index in [0.717, 1.165) is 66.9 Å². The Morgan fingerprint density at radius 1 is 1.12 bits per heavy atom. The molecule has 0 aromatic heterocycles. The molecule has 6 nitrogen and oxygen atoms in total. The Hall–Kier alpha value is -2.75. The molecule has 0 heterocycles. The number of hydrogen-bond acceptors (Lipinski definition) is 4. The first-order valence-electron chi connectivity index (χ1n) is 10.2. The van der Waals surface area contributed by atoms with E-state index in [1.54, 1.807) is 0 Å². The van der Waals surface area contributed by atoms with Gasteiger partial charge in [0, 0.05) is 11.8 Å². The second kappa shape index (κ2) is 9.01. The van der Waals surface area contributed by atoms with Gasteiger partial charge in [-0.05, 0) is 86.3 Å². The summed E-state index contributed by atoms with van der Waals surface area (Å²) in [6.07, 6.45) is 1.97. The molecule has 0 radical (unpaired) electrons. The lowest BCUT2D eigenvalue weighted by molar-refractivity contribution is -0.303. The maximum atomic E-state index is 12.8. The smallest absolute Gasteiger partial charge is 0.406 e. The number of allylic oxidation sites excluding steroid dienone is 3. The van der Waals surface area contributed by atoms with Crippen molar-refractivity contribution in [2.24, 2.45) is 0 Å². The minimum atomic E-state index is -5.00. The second-order valence-electron chi connectivity index (χ2n) is 7.82. The molecular formula is C22H25F3N2O4S. The van der Waals surface area contributed by atoms with Crippen molar-refractivity contribution in [2.45, 2.75) is 58.7 Å². The molecule has 0 saturated carbocycles. The number of rotatable bonds is 6. The van der Waals surface area contributed by atoms with Crippen molar-refractivity contribution < 1.29 is 31.1 Å². The average Bonchev–Trinajstić information content (AvgIpc) is 3.32.